The van der Waals surface area contributed by atoms with E-state index in [2.05, 4.69) is 55.5 Å². The molecule has 120 valence electrons. The van der Waals surface area contributed by atoms with Crippen LogP contribution in [0.25, 0.3) is 12.2 Å². The molecule has 0 amide bonds. The van der Waals surface area contributed by atoms with Crippen molar-refractivity contribution in [1.29, 1.82) is 0 Å². The second kappa shape index (κ2) is 11.8. The molecule has 0 aliphatic rings. The Hall–Kier alpha value is -1.83. The van der Waals surface area contributed by atoms with Gasteiger partial charge in [-0.15, -0.1) is 0 Å². The lowest BCUT2D eigenvalue weighted by Gasteiger charge is -1.98. The molecule has 22 heavy (non-hydrogen) atoms. The molecule has 2 heteroatoms. The van der Waals surface area contributed by atoms with E-state index in [1.165, 1.54) is 36.8 Å². The molecule has 2 nitrogen and oxygen atoms in total. The highest BCUT2D eigenvalue weighted by atomic mass is 16.4. The summed E-state index contributed by atoms with van der Waals surface area (Å²) in [5.74, 6) is -0.723. The van der Waals surface area contributed by atoms with Crippen LogP contribution in [-0.2, 0) is 4.79 Å². The minimum Gasteiger partial charge on any atom is -0.481 e. The van der Waals surface area contributed by atoms with Gasteiger partial charge in [0.2, 0.25) is 0 Å². The summed E-state index contributed by atoms with van der Waals surface area (Å²) >= 11 is 0. The zero-order valence-electron chi connectivity index (χ0n) is 13.6. The Balaban J connectivity index is 2.36. The number of benzene rings is 1. The highest BCUT2D eigenvalue weighted by Crippen LogP contribution is 2.11. The molecule has 0 aliphatic heterocycles. The molecule has 1 aromatic rings. The molecule has 0 aliphatic carbocycles. The largest absolute Gasteiger partial charge is 0.481 e. The lowest BCUT2D eigenvalue weighted by molar-refractivity contribution is -0.137. The van der Waals surface area contributed by atoms with Gasteiger partial charge in [0, 0.05) is 6.42 Å². The van der Waals surface area contributed by atoms with Crippen LogP contribution in [-0.4, -0.2) is 11.1 Å². The summed E-state index contributed by atoms with van der Waals surface area (Å²) in [6, 6.07) is 8.42. The van der Waals surface area contributed by atoms with E-state index >= 15 is 0 Å². The van der Waals surface area contributed by atoms with Crippen molar-refractivity contribution in [2.24, 2.45) is 0 Å². The van der Waals surface area contributed by atoms with Gasteiger partial charge in [0.25, 0.3) is 0 Å². The Morgan fingerprint density at radius 1 is 1.00 bits per heavy atom. The summed E-state index contributed by atoms with van der Waals surface area (Å²) in [7, 11) is 0. The molecule has 0 saturated carbocycles. The number of hydrogen-bond donors (Lipinski definition) is 1. The van der Waals surface area contributed by atoms with Crippen molar-refractivity contribution in [3.63, 3.8) is 0 Å². The van der Waals surface area contributed by atoms with E-state index in [-0.39, 0.29) is 6.42 Å². The van der Waals surface area contributed by atoms with Crippen LogP contribution in [0.2, 0.25) is 0 Å². The molecule has 0 aromatic heterocycles. The first kappa shape index (κ1) is 18.2. The maximum atomic E-state index is 10.4. The van der Waals surface area contributed by atoms with Crippen molar-refractivity contribution >= 4 is 18.1 Å². The van der Waals surface area contributed by atoms with Gasteiger partial charge in [0.05, 0.1) is 0 Å². The van der Waals surface area contributed by atoms with E-state index in [0.29, 0.717) is 6.42 Å². The second-order valence-electron chi connectivity index (χ2n) is 5.61. The van der Waals surface area contributed by atoms with Gasteiger partial charge in [-0.2, -0.15) is 0 Å². The second-order valence-corrected chi connectivity index (χ2v) is 5.61. The van der Waals surface area contributed by atoms with Gasteiger partial charge in [-0.1, -0.05) is 68.7 Å². The van der Waals surface area contributed by atoms with Crippen molar-refractivity contribution in [3.8, 4) is 0 Å². The minimum absolute atomic E-state index is 0.241. The lowest BCUT2D eigenvalue weighted by atomic mass is 10.1. The first-order chi connectivity index (χ1) is 10.7. The smallest absolute Gasteiger partial charge is 0.303 e. The van der Waals surface area contributed by atoms with Crippen molar-refractivity contribution in [2.45, 2.75) is 58.3 Å². The maximum absolute atomic E-state index is 10.4. The average Bonchev–Trinajstić information content (AvgIpc) is 2.50. The average molecular weight is 300 g/mol. The molecular weight excluding hydrogens is 272 g/mol. The van der Waals surface area contributed by atoms with Crippen molar-refractivity contribution in [3.05, 3.63) is 47.5 Å². The lowest BCUT2D eigenvalue weighted by Crippen LogP contribution is -1.92. The van der Waals surface area contributed by atoms with Gasteiger partial charge in [0.1, 0.15) is 0 Å². The number of hydrogen-bond acceptors (Lipinski definition) is 1. The van der Waals surface area contributed by atoms with Gasteiger partial charge in [0.15, 0.2) is 0 Å². The molecule has 0 fully saturated rings. The monoisotopic (exact) mass is 300 g/mol. The Bertz CT molecular complexity index is 486. The number of unbranched alkanes of at least 4 members (excludes halogenated alkanes) is 5. The topological polar surface area (TPSA) is 37.3 Å². The number of rotatable bonds is 11. The Morgan fingerprint density at radius 3 is 2.23 bits per heavy atom. The number of carboxylic acids is 1. The predicted molar refractivity (Wildman–Crippen MR) is 94.8 cm³/mol. The van der Waals surface area contributed by atoms with Crippen LogP contribution in [0.5, 0.6) is 0 Å². The Labute approximate surface area is 134 Å². The third-order valence-corrected chi connectivity index (χ3v) is 3.52. The third-order valence-electron chi connectivity index (χ3n) is 3.52. The Morgan fingerprint density at radius 2 is 1.64 bits per heavy atom. The van der Waals surface area contributed by atoms with Crippen LogP contribution in [0.3, 0.4) is 0 Å². The normalized spacial score (nSPS) is 11.5. The van der Waals surface area contributed by atoms with Crippen molar-refractivity contribution in [1.82, 2.24) is 0 Å². The van der Waals surface area contributed by atoms with Crippen LogP contribution in [0.4, 0.5) is 0 Å². The number of carbonyl (C=O) groups is 1. The van der Waals surface area contributed by atoms with Crippen LogP contribution in [0, 0.1) is 0 Å². The zero-order valence-corrected chi connectivity index (χ0v) is 13.6. The molecule has 0 saturated heterocycles. The first-order valence-electron chi connectivity index (χ1n) is 8.37. The molecule has 0 heterocycles. The van der Waals surface area contributed by atoms with E-state index in [4.69, 9.17) is 5.11 Å². The van der Waals surface area contributed by atoms with Crippen LogP contribution < -0.4 is 0 Å². The first-order valence-corrected chi connectivity index (χ1v) is 8.37. The molecule has 0 radical (unpaired) electrons. The highest BCUT2D eigenvalue weighted by Gasteiger charge is 1.94. The molecule has 1 N–H and O–H groups in total. The number of carboxylic acid groups (broad SMARTS) is 1. The van der Waals surface area contributed by atoms with E-state index in [1.807, 2.05) is 0 Å². The van der Waals surface area contributed by atoms with E-state index < -0.39 is 5.97 Å². The molecule has 0 unspecified atom stereocenters. The van der Waals surface area contributed by atoms with Gasteiger partial charge in [-0.05, 0) is 42.9 Å². The molecule has 1 rings (SSSR count). The van der Waals surface area contributed by atoms with Crippen LogP contribution in [0.1, 0.15) is 69.4 Å². The Kier molecular flexibility index (Phi) is 9.76. The van der Waals surface area contributed by atoms with Crippen molar-refractivity contribution in [2.75, 3.05) is 0 Å². The fourth-order valence-corrected chi connectivity index (χ4v) is 2.27. The van der Waals surface area contributed by atoms with E-state index in [1.54, 1.807) is 0 Å². The quantitative estimate of drug-likeness (QED) is 0.514. The molecule has 0 spiro atoms. The van der Waals surface area contributed by atoms with Crippen LogP contribution >= 0.6 is 0 Å². The van der Waals surface area contributed by atoms with Gasteiger partial charge in [-0.3, -0.25) is 4.79 Å². The number of allylic oxidation sites excluding steroid dienone is 2. The fraction of sp³-hybridized carbons (Fsp3) is 0.450. The van der Waals surface area contributed by atoms with Crippen LogP contribution in [0.15, 0.2) is 36.4 Å². The summed E-state index contributed by atoms with van der Waals surface area (Å²) in [6.07, 6.45) is 16.7. The zero-order chi connectivity index (χ0) is 16.0. The SMILES string of the molecule is CCCCCC/C=C/c1cccc(/C=C\CCCC(=O)O)c1. The summed E-state index contributed by atoms with van der Waals surface area (Å²) in [5.41, 5.74) is 2.40. The van der Waals surface area contributed by atoms with Crippen molar-refractivity contribution < 1.29 is 9.90 Å². The van der Waals surface area contributed by atoms with Gasteiger partial charge in [-0.25, -0.2) is 0 Å². The maximum Gasteiger partial charge on any atom is 0.303 e. The standard InChI is InChI=1S/C20H28O2/c1-2-3-4-5-6-8-12-18-14-11-15-19(17-18)13-9-7-10-16-20(21)22/h8-9,11-15,17H,2-7,10,16H2,1H3,(H,21,22)/b12-8+,13-9-. The van der Waals surface area contributed by atoms with Gasteiger partial charge < -0.3 is 5.11 Å². The fourth-order valence-electron chi connectivity index (χ4n) is 2.27. The number of aliphatic carboxylic acids is 1. The molecular formula is C20H28O2. The van der Waals surface area contributed by atoms with Gasteiger partial charge >= 0.3 is 5.97 Å². The summed E-state index contributed by atoms with van der Waals surface area (Å²) in [6.45, 7) is 2.23. The van der Waals surface area contributed by atoms with E-state index in [9.17, 15) is 4.79 Å². The minimum atomic E-state index is -0.723. The highest BCUT2D eigenvalue weighted by molar-refractivity contribution is 5.66. The summed E-state index contributed by atoms with van der Waals surface area (Å²) in [4.78, 5) is 10.4. The van der Waals surface area contributed by atoms with E-state index in [0.717, 1.165) is 12.8 Å². The summed E-state index contributed by atoms with van der Waals surface area (Å²) < 4.78 is 0. The molecule has 0 atom stereocenters. The third kappa shape index (κ3) is 9.17. The summed E-state index contributed by atoms with van der Waals surface area (Å²) in [5, 5.41) is 8.58. The molecule has 0 bridgehead atoms. The predicted octanol–water partition coefficient (Wildman–Crippen LogP) is 5.94. The molecule has 1 aromatic carbocycles.